The largest absolute Gasteiger partial charge is 0.481 e. The Labute approximate surface area is 170 Å². The number of hydrogen-bond donors (Lipinski definition) is 2. The molecule has 1 amide bonds. The third kappa shape index (κ3) is 4.59. The van der Waals surface area contributed by atoms with E-state index >= 15 is 0 Å². The van der Waals surface area contributed by atoms with Crippen molar-refractivity contribution in [3.05, 3.63) is 54.6 Å². The van der Waals surface area contributed by atoms with Gasteiger partial charge in [-0.05, 0) is 49.2 Å². The molecule has 2 atom stereocenters. The van der Waals surface area contributed by atoms with Gasteiger partial charge in [0, 0.05) is 12.7 Å². The Morgan fingerprint density at radius 1 is 0.966 bits per heavy atom. The Bertz CT molecular complexity index is 974. The number of amides is 1. The number of aliphatic carboxylic acids is 1. The Morgan fingerprint density at radius 3 is 2.14 bits per heavy atom. The number of sulfonamides is 1. The number of nitrogens with one attached hydrogen (secondary N) is 1. The van der Waals surface area contributed by atoms with Crippen LogP contribution in [-0.4, -0.2) is 32.4 Å². The molecule has 0 heterocycles. The van der Waals surface area contributed by atoms with Crippen molar-refractivity contribution in [2.24, 2.45) is 11.8 Å². The minimum absolute atomic E-state index is 0.0999. The summed E-state index contributed by atoms with van der Waals surface area (Å²) in [5.74, 6) is -2.54. The minimum Gasteiger partial charge on any atom is -0.481 e. The summed E-state index contributed by atoms with van der Waals surface area (Å²) in [5, 5.41) is 12.1. The van der Waals surface area contributed by atoms with Gasteiger partial charge < -0.3 is 10.4 Å². The van der Waals surface area contributed by atoms with Crippen LogP contribution in [0, 0.1) is 11.8 Å². The van der Waals surface area contributed by atoms with Gasteiger partial charge in [0.1, 0.15) is 0 Å². The van der Waals surface area contributed by atoms with Crippen LogP contribution in [0.5, 0.6) is 0 Å². The fourth-order valence-electron chi connectivity index (χ4n) is 3.62. The molecule has 0 spiro atoms. The molecule has 154 valence electrons. The molecule has 3 rings (SSSR count). The van der Waals surface area contributed by atoms with E-state index in [4.69, 9.17) is 0 Å². The summed E-state index contributed by atoms with van der Waals surface area (Å²) < 4.78 is 26.8. The number of benzene rings is 2. The van der Waals surface area contributed by atoms with Gasteiger partial charge in [-0.15, -0.1) is 0 Å². The molecule has 0 saturated heterocycles. The van der Waals surface area contributed by atoms with Crippen molar-refractivity contribution in [1.82, 2.24) is 0 Å². The highest BCUT2D eigenvalue weighted by molar-refractivity contribution is 7.92. The summed E-state index contributed by atoms with van der Waals surface area (Å²) in [7, 11) is -2.25. The maximum atomic E-state index is 12.8. The van der Waals surface area contributed by atoms with Gasteiger partial charge in [-0.1, -0.05) is 31.0 Å². The first kappa shape index (κ1) is 20.9. The molecule has 0 aromatic heterocycles. The summed E-state index contributed by atoms with van der Waals surface area (Å²) in [5.41, 5.74) is 0.980. The highest BCUT2D eigenvalue weighted by Gasteiger charge is 2.35. The maximum Gasteiger partial charge on any atom is 0.307 e. The molecule has 0 bridgehead atoms. The predicted molar refractivity (Wildman–Crippen MR) is 110 cm³/mol. The second-order valence-electron chi connectivity index (χ2n) is 7.16. The van der Waals surface area contributed by atoms with E-state index in [-0.39, 0.29) is 10.8 Å². The summed E-state index contributed by atoms with van der Waals surface area (Å²) in [6.45, 7) is 0. The maximum absolute atomic E-state index is 12.8. The first-order valence-electron chi connectivity index (χ1n) is 9.48. The molecule has 8 heteroatoms. The third-order valence-corrected chi connectivity index (χ3v) is 7.12. The van der Waals surface area contributed by atoms with E-state index in [0.29, 0.717) is 24.2 Å². The van der Waals surface area contributed by atoms with Gasteiger partial charge in [0.25, 0.3) is 10.0 Å². The standard InChI is InChI=1S/C21H24N2O5S/c1-23(16-7-3-2-4-8-16)29(27,28)17-13-11-15(12-14-17)22-20(24)18-9-5-6-10-19(18)21(25)26/h2-4,7-8,11-14,18-19H,5-6,9-10H2,1H3,(H,22,24)(H,25,26)/t18-,19+/m0/s1. The van der Waals surface area contributed by atoms with Gasteiger partial charge in [0.15, 0.2) is 0 Å². The van der Waals surface area contributed by atoms with Crippen molar-refractivity contribution in [2.45, 2.75) is 30.6 Å². The second-order valence-corrected chi connectivity index (χ2v) is 9.13. The monoisotopic (exact) mass is 416 g/mol. The van der Waals surface area contributed by atoms with Crippen LogP contribution in [0.2, 0.25) is 0 Å². The summed E-state index contributed by atoms with van der Waals surface area (Å²) >= 11 is 0. The van der Waals surface area contributed by atoms with Crippen molar-refractivity contribution in [3.8, 4) is 0 Å². The average Bonchev–Trinajstić information content (AvgIpc) is 2.74. The predicted octanol–water partition coefficient (Wildman–Crippen LogP) is 3.34. The SMILES string of the molecule is CN(c1ccccc1)S(=O)(=O)c1ccc(NC(=O)[C@H]2CCCC[C@H]2C(=O)O)cc1. The van der Waals surface area contributed by atoms with Crippen LogP contribution in [0.1, 0.15) is 25.7 Å². The summed E-state index contributed by atoms with van der Waals surface area (Å²) in [6, 6.07) is 14.6. The van der Waals surface area contributed by atoms with Crippen molar-refractivity contribution < 1.29 is 23.1 Å². The van der Waals surface area contributed by atoms with Crippen LogP contribution >= 0.6 is 0 Å². The molecule has 7 nitrogen and oxygen atoms in total. The number of carboxylic acids is 1. The van der Waals surface area contributed by atoms with Crippen LogP contribution in [0.25, 0.3) is 0 Å². The summed E-state index contributed by atoms with van der Waals surface area (Å²) in [4.78, 5) is 24.1. The van der Waals surface area contributed by atoms with E-state index in [0.717, 1.165) is 12.8 Å². The lowest BCUT2D eigenvalue weighted by Crippen LogP contribution is -2.36. The second kappa shape index (κ2) is 8.65. The number of carbonyl (C=O) groups is 2. The Hall–Kier alpha value is -2.87. The van der Waals surface area contributed by atoms with Crippen molar-refractivity contribution >= 4 is 33.3 Å². The molecule has 1 aliphatic carbocycles. The zero-order chi connectivity index (χ0) is 21.0. The highest BCUT2D eigenvalue weighted by Crippen LogP contribution is 2.31. The van der Waals surface area contributed by atoms with Gasteiger partial charge in [-0.2, -0.15) is 0 Å². The third-order valence-electron chi connectivity index (χ3n) is 5.32. The molecule has 2 aromatic carbocycles. The van der Waals surface area contributed by atoms with Gasteiger partial charge in [0.05, 0.1) is 22.4 Å². The molecule has 1 fully saturated rings. The number of nitrogens with zero attached hydrogens (tertiary/aromatic N) is 1. The van der Waals surface area contributed by atoms with Crippen molar-refractivity contribution in [2.75, 3.05) is 16.7 Å². The quantitative estimate of drug-likeness (QED) is 0.752. The number of carboxylic acid groups (broad SMARTS) is 1. The number of carbonyl (C=O) groups excluding carboxylic acids is 1. The highest BCUT2D eigenvalue weighted by atomic mass is 32.2. The molecule has 0 radical (unpaired) electrons. The summed E-state index contributed by atoms with van der Waals surface area (Å²) in [6.07, 6.45) is 2.67. The Balaban J connectivity index is 1.73. The molecule has 0 aliphatic heterocycles. The molecule has 1 saturated carbocycles. The van der Waals surface area contributed by atoms with E-state index < -0.39 is 27.8 Å². The number of anilines is 2. The van der Waals surface area contributed by atoms with Crippen LogP contribution < -0.4 is 9.62 Å². The molecule has 2 N–H and O–H groups in total. The molecule has 0 unspecified atom stereocenters. The minimum atomic E-state index is -3.73. The molecular formula is C21H24N2O5S. The average molecular weight is 416 g/mol. The van der Waals surface area contributed by atoms with E-state index in [2.05, 4.69) is 5.32 Å². The van der Waals surface area contributed by atoms with E-state index in [1.165, 1.54) is 35.6 Å². The van der Waals surface area contributed by atoms with Crippen molar-refractivity contribution in [1.29, 1.82) is 0 Å². The van der Waals surface area contributed by atoms with Gasteiger partial charge in [0.2, 0.25) is 5.91 Å². The molecule has 29 heavy (non-hydrogen) atoms. The Kier molecular flexibility index (Phi) is 6.22. The van der Waals surface area contributed by atoms with Crippen LogP contribution in [-0.2, 0) is 19.6 Å². The van der Waals surface area contributed by atoms with Crippen LogP contribution in [0.3, 0.4) is 0 Å². The first-order valence-corrected chi connectivity index (χ1v) is 10.9. The van der Waals surface area contributed by atoms with Crippen molar-refractivity contribution in [3.63, 3.8) is 0 Å². The molecule has 2 aromatic rings. The zero-order valence-corrected chi connectivity index (χ0v) is 16.9. The fourth-order valence-corrected chi connectivity index (χ4v) is 4.82. The van der Waals surface area contributed by atoms with E-state index in [1.807, 2.05) is 6.07 Å². The Morgan fingerprint density at radius 2 is 1.55 bits per heavy atom. The van der Waals surface area contributed by atoms with Gasteiger partial charge >= 0.3 is 5.97 Å². The first-order chi connectivity index (χ1) is 13.8. The lowest BCUT2D eigenvalue weighted by molar-refractivity contribution is -0.147. The molecular weight excluding hydrogens is 392 g/mol. The smallest absolute Gasteiger partial charge is 0.307 e. The number of para-hydroxylation sites is 1. The fraction of sp³-hybridized carbons (Fsp3) is 0.333. The van der Waals surface area contributed by atoms with Gasteiger partial charge in [-0.3, -0.25) is 13.9 Å². The number of hydrogen-bond acceptors (Lipinski definition) is 4. The lowest BCUT2D eigenvalue weighted by Gasteiger charge is -2.27. The zero-order valence-electron chi connectivity index (χ0n) is 16.1. The normalized spacial score (nSPS) is 19.3. The lowest BCUT2D eigenvalue weighted by atomic mass is 9.78. The van der Waals surface area contributed by atoms with Gasteiger partial charge in [-0.25, -0.2) is 8.42 Å². The number of rotatable bonds is 6. The molecule has 1 aliphatic rings. The van der Waals surface area contributed by atoms with E-state index in [9.17, 15) is 23.1 Å². The van der Waals surface area contributed by atoms with Crippen LogP contribution in [0.4, 0.5) is 11.4 Å². The van der Waals surface area contributed by atoms with Crippen LogP contribution in [0.15, 0.2) is 59.5 Å². The topological polar surface area (TPSA) is 104 Å². The van der Waals surface area contributed by atoms with E-state index in [1.54, 1.807) is 24.3 Å².